The highest BCUT2D eigenvalue weighted by atomic mass is 35.5. The molecule has 1 aromatic rings. The van der Waals surface area contributed by atoms with Gasteiger partial charge in [-0.25, -0.2) is 0 Å². The largest absolute Gasteiger partial charge is 0.498 e. The zero-order valence-corrected chi connectivity index (χ0v) is 19.5. The molecule has 1 aromatic carbocycles. The highest BCUT2D eigenvalue weighted by Gasteiger charge is 3.14. The van der Waals surface area contributed by atoms with Gasteiger partial charge < -0.3 is 0 Å². The zero-order valence-electron chi connectivity index (χ0n) is 16.5. The number of azo groups is 1. The lowest BCUT2D eigenvalue weighted by Gasteiger charge is -2.44. The lowest BCUT2D eigenvalue weighted by molar-refractivity contribution is -0.816. The number of hydrogen-bond donors (Lipinski definition) is 0. The SMILES string of the molecule is O=[N+]([O-])C1C(Cl)([N+](=O)[O-])C(Cl)([N+](=O)[O-])C(Cl)([N+](=O)[O-])C(Cl)([N+](=O)[O-])C1(N=Nc1ccccc1)[N+](=O)[O-]. The first-order chi connectivity index (χ1) is 16.4. The van der Waals surface area contributed by atoms with Gasteiger partial charge in [0.05, 0.1) is 30.3 Å². The molecule has 0 aliphatic heterocycles. The Morgan fingerprint density at radius 1 is 0.639 bits per heavy atom. The molecule has 2 rings (SSSR count). The normalized spacial score (nSPS) is 36.2. The van der Waals surface area contributed by atoms with Crippen LogP contribution in [0.4, 0.5) is 5.69 Å². The zero-order chi connectivity index (χ0) is 28.1. The average molecular weight is 596 g/mol. The molecule has 0 heterocycles. The van der Waals surface area contributed by atoms with E-state index in [-0.39, 0.29) is 0 Å². The maximum absolute atomic E-state index is 12.3. The summed E-state index contributed by atoms with van der Waals surface area (Å²) in [5, 5.41) is 78.5. The van der Waals surface area contributed by atoms with Crippen molar-refractivity contribution in [1.82, 2.24) is 0 Å². The summed E-state index contributed by atoms with van der Waals surface area (Å²) < 4.78 is 0. The maximum Gasteiger partial charge on any atom is 0.498 e. The lowest BCUT2D eigenvalue weighted by Crippen LogP contribution is -2.93. The van der Waals surface area contributed by atoms with Gasteiger partial charge in [0.15, 0.2) is 0 Å². The second-order valence-electron chi connectivity index (χ2n) is 6.77. The molecule has 0 amide bonds. The molecular weight excluding hydrogens is 590 g/mol. The summed E-state index contributed by atoms with van der Waals surface area (Å²) in [6, 6.07) is 1.80. The summed E-state index contributed by atoms with van der Waals surface area (Å²) in [5.74, 6) is 0. The summed E-state index contributed by atoms with van der Waals surface area (Å²) in [7, 11) is 0. The minimum atomic E-state index is -4.97. The number of halogens is 4. The molecule has 0 aromatic heterocycles. The Balaban J connectivity index is 3.37. The van der Waals surface area contributed by atoms with Crippen LogP contribution in [0.15, 0.2) is 40.6 Å². The standard InChI is InChI=1S/C12H6Cl4N8O12/c13-8(20(27)28)7(19(25)26)9(21(29)30,18-17-6-4-2-1-3-5-6)11(15,23(33)34)12(16,24(35)36)10(8,14)22(31)32/h1-5,7H. The molecule has 0 saturated heterocycles. The van der Waals surface area contributed by atoms with Crippen molar-refractivity contribution in [1.29, 1.82) is 0 Å². The van der Waals surface area contributed by atoms with Crippen LogP contribution in [0.1, 0.15) is 0 Å². The van der Waals surface area contributed by atoms with Crippen molar-refractivity contribution in [3.8, 4) is 0 Å². The van der Waals surface area contributed by atoms with Crippen LogP contribution in [0.5, 0.6) is 0 Å². The Bertz CT molecular complexity index is 1220. The third kappa shape index (κ3) is 3.07. The topological polar surface area (TPSA) is 284 Å². The minimum Gasteiger partial charge on any atom is -0.263 e. The molecule has 20 nitrogen and oxygen atoms in total. The van der Waals surface area contributed by atoms with Crippen molar-refractivity contribution in [2.24, 2.45) is 10.2 Å². The van der Waals surface area contributed by atoms with Crippen LogP contribution in [0.25, 0.3) is 0 Å². The van der Waals surface area contributed by atoms with Gasteiger partial charge in [0.1, 0.15) is 0 Å². The van der Waals surface area contributed by atoms with Crippen LogP contribution in [0, 0.1) is 60.7 Å². The number of rotatable bonds is 8. The third-order valence-corrected chi connectivity index (χ3v) is 8.14. The van der Waals surface area contributed by atoms with Gasteiger partial charge in [-0.1, -0.05) is 23.3 Å². The van der Waals surface area contributed by atoms with Gasteiger partial charge in [-0.05, 0) is 58.5 Å². The Morgan fingerprint density at radius 2 is 1.08 bits per heavy atom. The van der Waals surface area contributed by atoms with Crippen molar-refractivity contribution in [3.63, 3.8) is 0 Å². The van der Waals surface area contributed by atoms with E-state index in [0.29, 0.717) is 0 Å². The van der Waals surface area contributed by atoms with Crippen molar-refractivity contribution >= 4 is 52.1 Å². The van der Waals surface area contributed by atoms with Gasteiger partial charge in [-0.3, -0.25) is 60.7 Å². The van der Waals surface area contributed by atoms with E-state index in [4.69, 9.17) is 46.4 Å². The molecule has 0 N–H and O–H groups in total. The van der Waals surface area contributed by atoms with Crippen molar-refractivity contribution < 1.29 is 29.5 Å². The van der Waals surface area contributed by atoms with E-state index < -0.39 is 66.9 Å². The molecule has 0 radical (unpaired) electrons. The summed E-state index contributed by atoms with van der Waals surface area (Å²) >= 11 is 22.7. The molecule has 6 unspecified atom stereocenters. The van der Waals surface area contributed by atoms with E-state index in [1.807, 2.05) is 0 Å². The van der Waals surface area contributed by atoms with E-state index >= 15 is 0 Å². The first kappa shape index (κ1) is 28.6. The highest BCUT2D eigenvalue weighted by molar-refractivity contribution is 6.43. The quantitative estimate of drug-likeness (QED) is 0.137. The molecule has 24 heteroatoms. The molecule has 1 aliphatic carbocycles. The smallest absolute Gasteiger partial charge is 0.263 e. The van der Waals surface area contributed by atoms with Gasteiger partial charge in [0.2, 0.25) is 0 Å². The molecule has 1 fully saturated rings. The van der Waals surface area contributed by atoms with E-state index in [1.165, 1.54) is 18.2 Å². The summed E-state index contributed by atoms with van der Waals surface area (Å²) in [4.78, 5) is 39.9. The lowest BCUT2D eigenvalue weighted by atomic mass is 9.70. The maximum atomic E-state index is 12.3. The van der Waals surface area contributed by atoms with Crippen LogP contribution in [0.3, 0.4) is 0 Å². The van der Waals surface area contributed by atoms with E-state index in [2.05, 4.69) is 10.2 Å². The van der Waals surface area contributed by atoms with Crippen molar-refractivity contribution in [3.05, 3.63) is 91.0 Å². The molecule has 0 bridgehead atoms. The molecule has 6 atom stereocenters. The van der Waals surface area contributed by atoms with E-state index in [0.717, 1.165) is 12.1 Å². The van der Waals surface area contributed by atoms with Gasteiger partial charge in [-0.15, -0.1) is 5.11 Å². The summed E-state index contributed by atoms with van der Waals surface area (Å²) in [6.45, 7) is 0. The Hall–Kier alpha value is -3.62. The number of nitro groups is 6. The predicted molar refractivity (Wildman–Crippen MR) is 114 cm³/mol. The van der Waals surface area contributed by atoms with E-state index in [1.54, 1.807) is 0 Å². The molecule has 1 aliphatic rings. The highest BCUT2D eigenvalue weighted by Crippen LogP contribution is 2.66. The number of alkyl halides is 4. The molecular formula is C12H6Cl4N8O12. The number of nitrogens with zero attached hydrogens (tertiary/aromatic N) is 8. The van der Waals surface area contributed by atoms with Crippen LogP contribution in [0.2, 0.25) is 0 Å². The third-order valence-electron chi connectivity index (χ3n) is 5.16. The summed E-state index contributed by atoms with van der Waals surface area (Å²) in [5.41, 5.74) is -5.21. The molecule has 0 spiro atoms. The first-order valence-electron chi connectivity index (χ1n) is 8.46. The first-order valence-corrected chi connectivity index (χ1v) is 9.97. The van der Waals surface area contributed by atoms with Crippen LogP contribution in [-0.2, 0) is 0 Å². The second-order valence-corrected chi connectivity index (χ2v) is 8.99. The predicted octanol–water partition coefficient (Wildman–Crippen LogP) is 2.25. The monoisotopic (exact) mass is 594 g/mol. The molecule has 1 saturated carbocycles. The van der Waals surface area contributed by atoms with Gasteiger partial charge in [0.25, 0.3) is 0 Å². The van der Waals surface area contributed by atoms with Crippen molar-refractivity contribution in [2.75, 3.05) is 0 Å². The van der Waals surface area contributed by atoms with Crippen LogP contribution in [-0.4, -0.2) is 61.2 Å². The van der Waals surface area contributed by atoms with Crippen LogP contribution >= 0.6 is 46.4 Å². The fraction of sp³-hybridized carbons (Fsp3) is 0.500. The second kappa shape index (κ2) is 8.80. The van der Waals surface area contributed by atoms with Gasteiger partial charge >= 0.3 is 31.7 Å². The average Bonchev–Trinajstić information content (AvgIpc) is 2.78. The number of benzene rings is 1. The van der Waals surface area contributed by atoms with Gasteiger partial charge in [0, 0.05) is 4.92 Å². The minimum absolute atomic E-state index is 0.442. The Morgan fingerprint density at radius 3 is 1.42 bits per heavy atom. The molecule has 194 valence electrons. The number of hydrogen-bond acceptors (Lipinski definition) is 14. The Kier molecular flexibility index (Phi) is 6.99. The van der Waals surface area contributed by atoms with Gasteiger partial charge in [-0.2, -0.15) is 0 Å². The van der Waals surface area contributed by atoms with Crippen molar-refractivity contribution in [2.45, 2.75) is 31.7 Å². The fourth-order valence-electron chi connectivity index (χ4n) is 3.59. The fourth-order valence-corrected chi connectivity index (χ4v) is 5.33. The summed E-state index contributed by atoms with van der Waals surface area (Å²) in [6.07, 6.45) is 0. The Labute approximate surface area is 214 Å². The molecule has 36 heavy (non-hydrogen) atoms. The van der Waals surface area contributed by atoms with E-state index in [9.17, 15) is 60.7 Å². The van der Waals surface area contributed by atoms with Crippen LogP contribution < -0.4 is 0 Å².